The molecule has 0 aliphatic carbocycles. The Labute approximate surface area is 235 Å². The van der Waals surface area contributed by atoms with Crippen molar-refractivity contribution < 1.29 is 27.2 Å². The number of hydrogen-bond acceptors (Lipinski definition) is 9. The summed E-state index contributed by atoms with van der Waals surface area (Å²) in [6.45, 7) is 3.20. The highest BCUT2D eigenvalue weighted by molar-refractivity contribution is 9.10. The number of amides is 1. The van der Waals surface area contributed by atoms with Crippen molar-refractivity contribution in [3.63, 3.8) is 0 Å². The van der Waals surface area contributed by atoms with Crippen molar-refractivity contribution >= 4 is 37.5 Å². The summed E-state index contributed by atoms with van der Waals surface area (Å²) in [6.07, 6.45) is 1.29. The number of morpholine rings is 1. The topological polar surface area (TPSA) is 127 Å². The Hall–Kier alpha value is -2.84. The van der Waals surface area contributed by atoms with Crippen LogP contribution in [0.1, 0.15) is 18.7 Å². The lowest BCUT2D eigenvalue weighted by molar-refractivity contribution is -0.121. The molecular formula is C26H30BrN5O6S. The molecule has 2 aliphatic rings. The first-order chi connectivity index (χ1) is 18.8. The molecule has 0 unspecified atom stereocenters. The maximum atomic E-state index is 13.1. The van der Waals surface area contributed by atoms with Crippen LogP contribution in [0.25, 0.3) is 11.4 Å². The van der Waals surface area contributed by atoms with Crippen molar-refractivity contribution in [2.24, 2.45) is 5.92 Å². The molecule has 208 valence electrons. The molecule has 0 saturated carbocycles. The van der Waals surface area contributed by atoms with E-state index in [1.807, 2.05) is 24.3 Å². The number of benzene rings is 2. The van der Waals surface area contributed by atoms with Crippen LogP contribution in [0, 0.1) is 5.92 Å². The molecule has 1 aromatic heterocycles. The van der Waals surface area contributed by atoms with E-state index in [2.05, 4.69) is 36.3 Å². The van der Waals surface area contributed by atoms with Crippen LogP contribution in [-0.2, 0) is 26.1 Å². The maximum absolute atomic E-state index is 13.1. The third-order valence-electron chi connectivity index (χ3n) is 6.92. The number of ether oxygens (including phenoxy) is 2. The van der Waals surface area contributed by atoms with Crippen molar-refractivity contribution in [1.29, 1.82) is 0 Å². The molecule has 1 amide bonds. The number of nitrogens with one attached hydrogen (secondary N) is 1. The summed E-state index contributed by atoms with van der Waals surface area (Å²) in [5, 5.41) is 6.99. The van der Waals surface area contributed by atoms with Gasteiger partial charge in [0.15, 0.2) is 0 Å². The second kappa shape index (κ2) is 12.1. The van der Waals surface area contributed by atoms with Gasteiger partial charge in [0.25, 0.3) is 0 Å². The van der Waals surface area contributed by atoms with Crippen LogP contribution in [0.5, 0.6) is 5.75 Å². The van der Waals surface area contributed by atoms with Gasteiger partial charge in [-0.1, -0.05) is 21.1 Å². The quantitative estimate of drug-likeness (QED) is 0.403. The van der Waals surface area contributed by atoms with Crippen LogP contribution in [0.3, 0.4) is 0 Å². The van der Waals surface area contributed by atoms with E-state index < -0.39 is 10.0 Å². The van der Waals surface area contributed by atoms with Crippen molar-refractivity contribution in [2.75, 3.05) is 51.8 Å². The predicted octanol–water partition coefficient (Wildman–Crippen LogP) is 3.38. The minimum Gasteiger partial charge on any atom is -0.495 e. The van der Waals surface area contributed by atoms with E-state index in [0.29, 0.717) is 81.9 Å². The van der Waals surface area contributed by atoms with Crippen LogP contribution >= 0.6 is 15.9 Å². The van der Waals surface area contributed by atoms with Gasteiger partial charge in [0, 0.05) is 29.0 Å². The van der Waals surface area contributed by atoms with Gasteiger partial charge in [0.05, 0.1) is 37.5 Å². The van der Waals surface area contributed by atoms with Gasteiger partial charge >= 0.3 is 0 Å². The fourth-order valence-electron chi connectivity index (χ4n) is 4.70. The Bertz CT molecular complexity index is 1400. The molecule has 2 fully saturated rings. The number of nitrogens with zero attached hydrogens (tertiary/aromatic N) is 4. The molecule has 0 spiro atoms. The van der Waals surface area contributed by atoms with Gasteiger partial charge in [-0.15, -0.1) is 0 Å². The second-order valence-corrected chi connectivity index (χ2v) is 12.3. The average Bonchev–Trinajstić information content (AvgIpc) is 3.42. The SMILES string of the molecule is COc1ccc(S(=O)(=O)N2CCOCC2)cc1NC(=O)C1CCN(Cc2nc(-c3ccc(Br)cc3)no2)CC1. The zero-order valence-corrected chi connectivity index (χ0v) is 23.9. The number of halogens is 1. The lowest BCUT2D eigenvalue weighted by Crippen LogP contribution is -2.40. The number of sulfonamides is 1. The van der Waals surface area contributed by atoms with E-state index in [1.54, 1.807) is 6.07 Å². The number of rotatable bonds is 8. The molecule has 0 radical (unpaired) electrons. The molecule has 0 bridgehead atoms. The predicted molar refractivity (Wildman–Crippen MR) is 147 cm³/mol. The first kappa shape index (κ1) is 27.7. The number of carbonyl (C=O) groups excluding carboxylic acids is 1. The zero-order chi connectivity index (χ0) is 27.4. The second-order valence-electron chi connectivity index (χ2n) is 9.44. The van der Waals surface area contributed by atoms with Crippen LogP contribution in [0.4, 0.5) is 5.69 Å². The summed E-state index contributed by atoms with van der Waals surface area (Å²) in [5.41, 5.74) is 1.21. The number of aromatic nitrogens is 2. The number of anilines is 1. The standard InChI is InChI=1S/C26H30BrN5O6S/c1-36-23-7-6-21(39(34,35)32-12-14-37-15-13-32)16-22(23)28-26(33)19-8-10-31(11-9-19)17-24-29-25(30-38-24)18-2-4-20(27)5-3-18/h2-7,16,19H,8-15,17H2,1H3,(H,28,33). The maximum Gasteiger partial charge on any atom is 0.243 e. The van der Waals surface area contributed by atoms with E-state index >= 15 is 0 Å². The van der Waals surface area contributed by atoms with E-state index in [9.17, 15) is 13.2 Å². The smallest absolute Gasteiger partial charge is 0.243 e. The molecule has 13 heteroatoms. The molecule has 3 heterocycles. The van der Waals surface area contributed by atoms with Crippen molar-refractivity contribution in [3.8, 4) is 17.1 Å². The Balaban J connectivity index is 1.18. The number of likely N-dealkylation sites (tertiary alicyclic amines) is 1. The lowest BCUT2D eigenvalue weighted by atomic mass is 9.96. The molecular weight excluding hydrogens is 590 g/mol. The number of piperidine rings is 1. The highest BCUT2D eigenvalue weighted by Crippen LogP contribution is 2.31. The van der Waals surface area contributed by atoms with Gasteiger partial charge in [0.1, 0.15) is 5.75 Å². The molecule has 2 saturated heterocycles. The van der Waals surface area contributed by atoms with Crippen LogP contribution < -0.4 is 10.1 Å². The summed E-state index contributed by atoms with van der Waals surface area (Å²) in [7, 11) is -2.22. The average molecular weight is 621 g/mol. The largest absolute Gasteiger partial charge is 0.495 e. The molecule has 3 aromatic rings. The Kier molecular flexibility index (Phi) is 8.62. The zero-order valence-electron chi connectivity index (χ0n) is 21.5. The van der Waals surface area contributed by atoms with E-state index in [1.165, 1.54) is 23.5 Å². The summed E-state index contributed by atoms with van der Waals surface area (Å²) < 4.78 is 44.7. The Morgan fingerprint density at radius 3 is 2.51 bits per heavy atom. The highest BCUT2D eigenvalue weighted by atomic mass is 79.9. The Morgan fingerprint density at radius 2 is 1.82 bits per heavy atom. The third kappa shape index (κ3) is 6.49. The molecule has 2 aliphatic heterocycles. The van der Waals surface area contributed by atoms with Gasteiger partial charge in [0.2, 0.25) is 27.6 Å². The van der Waals surface area contributed by atoms with Gasteiger partial charge in [-0.3, -0.25) is 9.69 Å². The molecule has 1 N–H and O–H groups in total. The number of methoxy groups -OCH3 is 1. The number of hydrogen-bond donors (Lipinski definition) is 1. The summed E-state index contributed by atoms with van der Waals surface area (Å²) in [6, 6.07) is 12.2. The summed E-state index contributed by atoms with van der Waals surface area (Å²) in [5.74, 6) is 1.09. The molecule has 39 heavy (non-hydrogen) atoms. The fourth-order valence-corrected chi connectivity index (χ4v) is 6.39. The summed E-state index contributed by atoms with van der Waals surface area (Å²) in [4.78, 5) is 19.9. The van der Waals surface area contributed by atoms with Gasteiger partial charge in [-0.05, 0) is 68.4 Å². The minimum absolute atomic E-state index is 0.109. The molecule has 11 nitrogen and oxygen atoms in total. The van der Waals surface area contributed by atoms with Crippen LogP contribution in [-0.4, -0.2) is 80.2 Å². The van der Waals surface area contributed by atoms with Gasteiger partial charge in [-0.25, -0.2) is 8.42 Å². The van der Waals surface area contributed by atoms with Gasteiger partial charge < -0.3 is 19.3 Å². The van der Waals surface area contributed by atoms with Crippen molar-refractivity contribution in [3.05, 3.63) is 52.8 Å². The third-order valence-corrected chi connectivity index (χ3v) is 9.35. The highest BCUT2D eigenvalue weighted by Gasteiger charge is 2.29. The molecule has 0 atom stereocenters. The first-order valence-electron chi connectivity index (χ1n) is 12.7. The van der Waals surface area contributed by atoms with Crippen LogP contribution in [0.2, 0.25) is 0 Å². The lowest BCUT2D eigenvalue weighted by Gasteiger charge is -2.30. The first-order valence-corrected chi connectivity index (χ1v) is 14.9. The van der Waals surface area contributed by atoms with Gasteiger partial charge in [-0.2, -0.15) is 9.29 Å². The molecule has 2 aromatic carbocycles. The Morgan fingerprint density at radius 1 is 1.10 bits per heavy atom. The van der Waals surface area contributed by atoms with Crippen molar-refractivity contribution in [2.45, 2.75) is 24.3 Å². The number of carbonyl (C=O) groups is 1. The summed E-state index contributed by atoms with van der Waals surface area (Å²) >= 11 is 3.42. The normalized spacial score (nSPS) is 17.7. The minimum atomic E-state index is -3.71. The molecule has 5 rings (SSSR count). The van der Waals surface area contributed by atoms with Crippen LogP contribution in [0.15, 0.2) is 56.4 Å². The van der Waals surface area contributed by atoms with E-state index in [0.717, 1.165) is 10.0 Å². The van der Waals surface area contributed by atoms with E-state index in [-0.39, 0.29) is 16.7 Å². The van der Waals surface area contributed by atoms with E-state index in [4.69, 9.17) is 14.0 Å². The fraction of sp³-hybridized carbons (Fsp3) is 0.423. The monoisotopic (exact) mass is 619 g/mol. The van der Waals surface area contributed by atoms with Crippen molar-refractivity contribution in [1.82, 2.24) is 19.3 Å².